The number of allylic oxidation sites excluding steroid dienone is 1. The number of hydrogen-bond acceptors (Lipinski definition) is 7. The molecule has 11 heteroatoms. The molecule has 1 aromatic rings. The zero-order valence-corrected chi connectivity index (χ0v) is 19.9. The third-order valence-electron chi connectivity index (χ3n) is 4.74. The minimum absolute atomic E-state index is 0.143. The summed E-state index contributed by atoms with van der Waals surface area (Å²) in [6.07, 6.45) is 5.93. The van der Waals surface area contributed by atoms with E-state index in [1.807, 2.05) is 6.07 Å². The number of hydrogen-bond donors (Lipinski definition) is 1. The van der Waals surface area contributed by atoms with Crippen molar-refractivity contribution in [3.63, 3.8) is 0 Å². The molecule has 186 valence electrons. The Morgan fingerprint density at radius 2 is 1.85 bits per heavy atom. The van der Waals surface area contributed by atoms with Gasteiger partial charge in [0.25, 0.3) is 0 Å². The zero-order valence-electron chi connectivity index (χ0n) is 19.1. The summed E-state index contributed by atoms with van der Waals surface area (Å²) in [4.78, 5) is 16.6. The van der Waals surface area contributed by atoms with Crippen LogP contribution < -0.4 is 5.32 Å². The zero-order chi connectivity index (χ0) is 24.7. The molecule has 2 heterocycles. The summed E-state index contributed by atoms with van der Waals surface area (Å²) in [5, 5.41) is 3.29. The Bertz CT molecular complexity index is 954. The van der Waals surface area contributed by atoms with E-state index < -0.39 is 33.0 Å². The fourth-order valence-corrected chi connectivity index (χ4v) is 3.76. The number of pyridine rings is 1. The highest BCUT2D eigenvalue weighted by Crippen LogP contribution is 2.28. The molecule has 0 unspecified atom stereocenters. The van der Waals surface area contributed by atoms with Gasteiger partial charge in [0, 0.05) is 18.7 Å². The maximum atomic E-state index is 12.7. The summed E-state index contributed by atoms with van der Waals surface area (Å²) in [6.45, 7) is 5.66. The van der Waals surface area contributed by atoms with E-state index in [1.165, 1.54) is 5.56 Å². The number of esters is 1. The van der Waals surface area contributed by atoms with E-state index in [9.17, 15) is 26.4 Å². The van der Waals surface area contributed by atoms with Crippen LogP contribution in [0.15, 0.2) is 24.0 Å². The Balaban J connectivity index is 1.86. The number of nitrogens with zero attached hydrogens (tertiary/aromatic N) is 1. The molecule has 7 nitrogen and oxygen atoms in total. The van der Waals surface area contributed by atoms with Crippen molar-refractivity contribution in [2.45, 2.75) is 83.2 Å². The highest BCUT2D eigenvalue weighted by molar-refractivity contribution is 7.87. The highest BCUT2D eigenvalue weighted by atomic mass is 32.2. The summed E-state index contributed by atoms with van der Waals surface area (Å²) >= 11 is 0. The van der Waals surface area contributed by atoms with Crippen LogP contribution in [0.5, 0.6) is 0 Å². The van der Waals surface area contributed by atoms with Crippen LogP contribution in [0.1, 0.15) is 70.6 Å². The second-order valence-electron chi connectivity index (χ2n) is 8.88. The summed E-state index contributed by atoms with van der Waals surface area (Å²) < 4.78 is 70.0. The fraction of sp³-hybridized carbons (Fsp3) is 0.636. The van der Waals surface area contributed by atoms with Gasteiger partial charge >= 0.3 is 21.6 Å². The van der Waals surface area contributed by atoms with Crippen LogP contribution in [-0.2, 0) is 36.7 Å². The van der Waals surface area contributed by atoms with Crippen molar-refractivity contribution in [2.24, 2.45) is 0 Å². The number of nitrogens with one attached hydrogen (secondary N) is 1. The van der Waals surface area contributed by atoms with E-state index in [0.29, 0.717) is 18.9 Å². The second-order valence-corrected chi connectivity index (χ2v) is 10.4. The normalized spacial score (nSPS) is 14.9. The largest absolute Gasteiger partial charge is 0.534 e. The van der Waals surface area contributed by atoms with Crippen molar-refractivity contribution in [1.29, 1.82) is 0 Å². The van der Waals surface area contributed by atoms with Gasteiger partial charge in [0.2, 0.25) is 0 Å². The summed E-state index contributed by atoms with van der Waals surface area (Å²) in [5.74, 6) is -0.635. The lowest BCUT2D eigenvalue weighted by molar-refractivity contribution is -0.148. The van der Waals surface area contributed by atoms with Crippen molar-refractivity contribution in [2.75, 3.05) is 11.9 Å². The van der Waals surface area contributed by atoms with Gasteiger partial charge in [-0.05, 0) is 64.5 Å². The summed E-state index contributed by atoms with van der Waals surface area (Å²) in [7, 11) is -5.87. The molecule has 0 amide bonds. The van der Waals surface area contributed by atoms with Crippen LogP contribution in [0.3, 0.4) is 0 Å². The molecule has 1 aliphatic rings. The van der Waals surface area contributed by atoms with Crippen LogP contribution in [-0.4, -0.2) is 37.0 Å². The molecule has 0 aliphatic carbocycles. The third kappa shape index (κ3) is 9.23. The third-order valence-corrected chi connectivity index (χ3v) is 5.74. The van der Waals surface area contributed by atoms with E-state index in [1.54, 1.807) is 20.8 Å². The second kappa shape index (κ2) is 11.2. The molecule has 0 radical (unpaired) electrons. The Labute approximate surface area is 192 Å². The monoisotopic (exact) mass is 492 g/mol. The molecule has 0 spiro atoms. The van der Waals surface area contributed by atoms with Crippen LogP contribution >= 0.6 is 0 Å². The average Bonchev–Trinajstić information content (AvgIpc) is 2.67. The molecule has 33 heavy (non-hydrogen) atoms. The first-order valence-electron chi connectivity index (χ1n) is 10.9. The minimum atomic E-state index is -5.87. The van der Waals surface area contributed by atoms with Gasteiger partial charge in [0.05, 0.1) is 6.08 Å². The molecule has 0 fully saturated rings. The molecule has 0 aromatic carbocycles. The van der Waals surface area contributed by atoms with Crippen LogP contribution in [0, 0.1) is 0 Å². The van der Waals surface area contributed by atoms with E-state index in [-0.39, 0.29) is 6.42 Å². The Morgan fingerprint density at radius 3 is 2.52 bits per heavy atom. The van der Waals surface area contributed by atoms with Crippen molar-refractivity contribution in [3.05, 3.63) is 35.2 Å². The van der Waals surface area contributed by atoms with Crippen molar-refractivity contribution in [3.8, 4) is 0 Å². The lowest BCUT2D eigenvalue weighted by Gasteiger charge is -2.19. The number of ether oxygens (including phenoxy) is 1. The van der Waals surface area contributed by atoms with Gasteiger partial charge in [-0.15, -0.1) is 0 Å². The van der Waals surface area contributed by atoms with E-state index in [4.69, 9.17) is 4.74 Å². The first-order chi connectivity index (χ1) is 15.3. The molecule has 0 atom stereocenters. The van der Waals surface area contributed by atoms with E-state index >= 15 is 0 Å². The Morgan fingerprint density at radius 1 is 1.15 bits per heavy atom. The average molecular weight is 493 g/mol. The quantitative estimate of drug-likeness (QED) is 0.122. The maximum absolute atomic E-state index is 12.7. The van der Waals surface area contributed by atoms with Gasteiger partial charge in [-0.1, -0.05) is 18.9 Å². The van der Waals surface area contributed by atoms with Crippen molar-refractivity contribution in [1.82, 2.24) is 4.98 Å². The van der Waals surface area contributed by atoms with Crippen molar-refractivity contribution >= 4 is 21.9 Å². The smallest absolute Gasteiger partial charge is 0.457 e. The molecular weight excluding hydrogens is 461 g/mol. The maximum Gasteiger partial charge on any atom is 0.534 e. The SMILES string of the molecule is CC(C)(C)OC(=O)C=C(CCCCCCc1ccc2c(n1)NCCC2)OS(=O)(=O)C(F)(F)F. The number of carbonyl (C=O) groups excluding carboxylic acids is 1. The van der Waals surface area contributed by atoms with Gasteiger partial charge in [0.15, 0.2) is 0 Å². The summed E-state index contributed by atoms with van der Waals surface area (Å²) in [6, 6.07) is 4.08. The standard InChI is InChI=1S/C22H31F3N2O5S/c1-21(2,3)31-19(28)15-18(32-33(29,30)22(23,24)25)11-7-5-4-6-10-17-13-12-16-9-8-14-26-20(16)27-17/h12-13,15H,4-11,14H2,1-3H3,(H,26,27). The molecule has 1 aromatic heterocycles. The molecule has 1 aliphatic heterocycles. The first-order valence-corrected chi connectivity index (χ1v) is 12.3. The Kier molecular flexibility index (Phi) is 9.16. The fourth-order valence-electron chi connectivity index (χ4n) is 3.26. The van der Waals surface area contributed by atoms with Gasteiger partial charge in [-0.3, -0.25) is 0 Å². The molecule has 0 saturated carbocycles. The Hall–Kier alpha value is -2.30. The number of rotatable bonds is 10. The predicted octanol–water partition coefficient (Wildman–Crippen LogP) is 5.02. The number of halogens is 3. The number of aryl methyl sites for hydroxylation is 2. The molecule has 1 N–H and O–H groups in total. The molecule has 0 bridgehead atoms. The number of anilines is 1. The minimum Gasteiger partial charge on any atom is -0.457 e. The van der Waals surface area contributed by atoms with Crippen LogP contribution in [0.4, 0.5) is 19.0 Å². The molecule has 2 rings (SSSR count). The van der Waals surface area contributed by atoms with Gasteiger partial charge in [-0.2, -0.15) is 21.6 Å². The van der Waals surface area contributed by atoms with Crippen LogP contribution in [0.2, 0.25) is 0 Å². The highest BCUT2D eigenvalue weighted by Gasteiger charge is 2.48. The number of unbranched alkanes of at least 4 members (excludes halogenated alkanes) is 3. The lowest BCUT2D eigenvalue weighted by Crippen LogP contribution is -2.26. The van der Waals surface area contributed by atoms with Crippen LogP contribution in [0.25, 0.3) is 0 Å². The summed E-state index contributed by atoms with van der Waals surface area (Å²) in [5.41, 5.74) is -4.30. The number of alkyl halides is 3. The number of aromatic nitrogens is 1. The van der Waals surface area contributed by atoms with Gasteiger partial charge in [0.1, 0.15) is 17.2 Å². The molecule has 0 saturated heterocycles. The number of carbonyl (C=O) groups is 1. The first kappa shape index (κ1) is 26.9. The van der Waals surface area contributed by atoms with E-state index in [0.717, 1.165) is 50.2 Å². The topological polar surface area (TPSA) is 94.6 Å². The van der Waals surface area contributed by atoms with E-state index in [2.05, 4.69) is 20.6 Å². The molecular formula is C22H31F3N2O5S. The predicted molar refractivity (Wildman–Crippen MR) is 118 cm³/mol. The number of fused-ring (bicyclic) bond motifs is 1. The van der Waals surface area contributed by atoms with Gasteiger partial charge < -0.3 is 14.2 Å². The van der Waals surface area contributed by atoms with Gasteiger partial charge in [-0.25, -0.2) is 9.78 Å². The lowest BCUT2D eigenvalue weighted by atomic mass is 10.0. The van der Waals surface area contributed by atoms with Crippen molar-refractivity contribution < 1.29 is 35.3 Å².